The molecule has 3 rings (SSSR count). The number of hydrogen-bond acceptors (Lipinski definition) is 3. The number of halogens is 5. The molecule has 5 nitrogen and oxygen atoms in total. The molecule has 0 aliphatic carbocycles. The van der Waals surface area contributed by atoms with Gasteiger partial charge in [-0.05, 0) is 54.6 Å². The highest BCUT2D eigenvalue weighted by atomic mass is 79.9. The zero-order valence-corrected chi connectivity index (χ0v) is 18.5. The number of alkyl halides is 3. The standard InChI is InChI=1S/C22H15BrClF3N2O3/c23-15-7-8-19(18(24)11-15)32-12-20(30)28-16-5-1-3-13(9-16)21(31)29-17-6-2-4-14(10-17)22(25,26)27/h1-11H,12H2,(H,28,30)(H,29,31). The van der Waals surface area contributed by atoms with Crippen LogP contribution >= 0.6 is 27.5 Å². The van der Waals surface area contributed by atoms with Crippen LogP contribution in [0.2, 0.25) is 5.02 Å². The van der Waals surface area contributed by atoms with Crippen LogP contribution in [0.1, 0.15) is 15.9 Å². The van der Waals surface area contributed by atoms with Crippen molar-refractivity contribution in [2.24, 2.45) is 0 Å². The molecule has 3 aromatic rings. The molecule has 0 aliphatic rings. The Hall–Kier alpha value is -3.04. The zero-order chi connectivity index (χ0) is 23.3. The fourth-order valence-corrected chi connectivity index (χ4v) is 3.38. The second kappa shape index (κ2) is 10.1. The van der Waals surface area contributed by atoms with E-state index in [1.807, 2.05) is 0 Å². The number of carbonyl (C=O) groups is 2. The van der Waals surface area contributed by atoms with Crippen molar-refractivity contribution in [2.75, 3.05) is 17.2 Å². The van der Waals surface area contributed by atoms with E-state index in [-0.39, 0.29) is 17.9 Å². The summed E-state index contributed by atoms with van der Waals surface area (Å²) in [6, 6.07) is 15.2. The second-order valence-electron chi connectivity index (χ2n) is 6.53. The summed E-state index contributed by atoms with van der Waals surface area (Å²) < 4.78 is 44.7. The van der Waals surface area contributed by atoms with Gasteiger partial charge in [-0.1, -0.05) is 39.7 Å². The minimum absolute atomic E-state index is 0.000889. The molecular weight excluding hydrogens is 513 g/mol. The first-order valence-corrected chi connectivity index (χ1v) is 10.3. The quantitative estimate of drug-likeness (QED) is 0.390. The number of nitrogens with one attached hydrogen (secondary N) is 2. The van der Waals surface area contributed by atoms with Crippen molar-refractivity contribution >= 4 is 50.7 Å². The highest BCUT2D eigenvalue weighted by molar-refractivity contribution is 9.10. The van der Waals surface area contributed by atoms with Crippen LogP contribution in [0.15, 0.2) is 71.2 Å². The summed E-state index contributed by atoms with van der Waals surface area (Å²) in [7, 11) is 0. The maximum Gasteiger partial charge on any atom is 0.416 e. The smallest absolute Gasteiger partial charge is 0.416 e. The van der Waals surface area contributed by atoms with Crippen molar-refractivity contribution in [2.45, 2.75) is 6.18 Å². The molecule has 0 fully saturated rings. The molecule has 32 heavy (non-hydrogen) atoms. The first kappa shape index (κ1) is 23.6. The average Bonchev–Trinajstić information content (AvgIpc) is 2.73. The third-order valence-electron chi connectivity index (χ3n) is 4.11. The molecule has 0 heterocycles. The van der Waals surface area contributed by atoms with Crippen LogP contribution in [-0.4, -0.2) is 18.4 Å². The highest BCUT2D eigenvalue weighted by Crippen LogP contribution is 2.31. The van der Waals surface area contributed by atoms with Crippen molar-refractivity contribution < 1.29 is 27.5 Å². The number of benzene rings is 3. The monoisotopic (exact) mass is 526 g/mol. The SMILES string of the molecule is O=C(COc1ccc(Br)cc1Cl)Nc1cccc(C(=O)Nc2cccc(C(F)(F)F)c2)c1. The van der Waals surface area contributed by atoms with E-state index in [9.17, 15) is 22.8 Å². The van der Waals surface area contributed by atoms with Gasteiger partial charge < -0.3 is 15.4 Å². The minimum Gasteiger partial charge on any atom is -0.482 e. The Morgan fingerprint density at radius 2 is 1.62 bits per heavy atom. The molecule has 10 heteroatoms. The second-order valence-corrected chi connectivity index (χ2v) is 7.85. The fraction of sp³-hybridized carbons (Fsp3) is 0.0909. The molecule has 0 spiro atoms. The van der Waals surface area contributed by atoms with Crippen LogP contribution in [0.25, 0.3) is 0 Å². The molecular formula is C22H15BrClF3N2O3. The van der Waals surface area contributed by atoms with E-state index in [1.54, 1.807) is 24.3 Å². The van der Waals surface area contributed by atoms with Gasteiger partial charge in [0.2, 0.25) is 0 Å². The van der Waals surface area contributed by atoms with Gasteiger partial charge in [0.15, 0.2) is 6.61 Å². The predicted molar refractivity (Wildman–Crippen MR) is 119 cm³/mol. The van der Waals surface area contributed by atoms with Crippen LogP contribution < -0.4 is 15.4 Å². The molecule has 0 unspecified atom stereocenters. The highest BCUT2D eigenvalue weighted by Gasteiger charge is 2.30. The molecule has 3 aromatic carbocycles. The van der Waals surface area contributed by atoms with Crippen molar-refractivity contribution in [3.63, 3.8) is 0 Å². The average molecular weight is 528 g/mol. The van der Waals surface area contributed by atoms with Gasteiger partial charge in [0.05, 0.1) is 10.6 Å². The lowest BCUT2D eigenvalue weighted by Gasteiger charge is -2.11. The van der Waals surface area contributed by atoms with Gasteiger partial charge in [0.1, 0.15) is 5.75 Å². The van der Waals surface area contributed by atoms with E-state index >= 15 is 0 Å². The van der Waals surface area contributed by atoms with E-state index in [1.165, 1.54) is 30.3 Å². The summed E-state index contributed by atoms with van der Waals surface area (Å²) in [5, 5.41) is 5.33. The first-order chi connectivity index (χ1) is 15.1. The summed E-state index contributed by atoms with van der Waals surface area (Å²) in [5.74, 6) is -0.781. The summed E-state index contributed by atoms with van der Waals surface area (Å²) in [4.78, 5) is 24.6. The van der Waals surface area contributed by atoms with E-state index in [0.29, 0.717) is 16.5 Å². The Morgan fingerprint density at radius 1 is 0.938 bits per heavy atom. The molecule has 0 saturated carbocycles. The number of anilines is 2. The first-order valence-electron chi connectivity index (χ1n) is 9.08. The topological polar surface area (TPSA) is 67.4 Å². The van der Waals surface area contributed by atoms with E-state index in [2.05, 4.69) is 26.6 Å². The molecule has 0 atom stereocenters. The Labute approximate surface area is 194 Å². The predicted octanol–water partition coefficient (Wildman–Crippen LogP) is 6.39. The Bertz CT molecular complexity index is 1160. The van der Waals surface area contributed by atoms with Crippen molar-refractivity contribution in [3.8, 4) is 5.75 Å². The molecule has 0 aliphatic heterocycles. The van der Waals surface area contributed by atoms with Crippen molar-refractivity contribution in [1.29, 1.82) is 0 Å². The van der Waals surface area contributed by atoms with E-state index < -0.39 is 23.6 Å². The number of rotatable bonds is 6. The minimum atomic E-state index is -4.52. The number of ether oxygens (including phenoxy) is 1. The lowest BCUT2D eigenvalue weighted by atomic mass is 10.1. The molecule has 166 valence electrons. The molecule has 0 saturated heterocycles. The van der Waals surface area contributed by atoms with Gasteiger partial charge >= 0.3 is 6.18 Å². The number of hydrogen-bond donors (Lipinski definition) is 2. The number of amides is 2. The van der Waals surface area contributed by atoms with Crippen LogP contribution in [0.5, 0.6) is 5.75 Å². The molecule has 2 N–H and O–H groups in total. The summed E-state index contributed by atoms with van der Waals surface area (Å²) in [6.07, 6.45) is -4.52. The summed E-state index contributed by atoms with van der Waals surface area (Å²) >= 11 is 9.31. The van der Waals surface area contributed by atoms with Gasteiger partial charge in [-0.3, -0.25) is 9.59 Å². The van der Waals surface area contributed by atoms with Gasteiger partial charge in [-0.25, -0.2) is 0 Å². The van der Waals surface area contributed by atoms with E-state index in [0.717, 1.165) is 16.6 Å². The largest absolute Gasteiger partial charge is 0.482 e. The molecule has 2 amide bonds. The fourth-order valence-electron chi connectivity index (χ4n) is 2.65. The van der Waals surface area contributed by atoms with Crippen LogP contribution in [0.3, 0.4) is 0 Å². The van der Waals surface area contributed by atoms with Crippen LogP contribution in [0, 0.1) is 0 Å². The normalized spacial score (nSPS) is 11.0. The third-order valence-corrected chi connectivity index (χ3v) is 4.90. The summed E-state index contributed by atoms with van der Waals surface area (Å²) in [6.45, 7) is -0.317. The Morgan fingerprint density at radius 3 is 2.31 bits per heavy atom. The van der Waals surface area contributed by atoms with Crippen molar-refractivity contribution in [3.05, 3.63) is 87.4 Å². The van der Waals surface area contributed by atoms with Crippen LogP contribution in [-0.2, 0) is 11.0 Å². The Balaban J connectivity index is 1.62. The van der Waals surface area contributed by atoms with Crippen molar-refractivity contribution in [1.82, 2.24) is 0 Å². The summed E-state index contributed by atoms with van der Waals surface area (Å²) in [5.41, 5.74) is -0.407. The van der Waals surface area contributed by atoms with Gasteiger partial charge in [0, 0.05) is 21.4 Å². The maximum atomic E-state index is 12.8. The molecule has 0 bridgehead atoms. The lowest BCUT2D eigenvalue weighted by molar-refractivity contribution is -0.137. The lowest BCUT2D eigenvalue weighted by Crippen LogP contribution is -2.20. The maximum absolute atomic E-state index is 12.8. The Kier molecular flexibility index (Phi) is 7.42. The molecule has 0 aromatic heterocycles. The van der Waals surface area contributed by atoms with Gasteiger partial charge in [-0.15, -0.1) is 0 Å². The zero-order valence-electron chi connectivity index (χ0n) is 16.2. The van der Waals surface area contributed by atoms with Gasteiger partial charge in [-0.2, -0.15) is 13.2 Å². The number of carbonyl (C=O) groups excluding carboxylic acids is 2. The van der Waals surface area contributed by atoms with Gasteiger partial charge in [0.25, 0.3) is 11.8 Å². The van der Waals surface area contributed by atoms with E-state index in [4.69, 9.17) is 16.3 Å². The third kappa shape index (κ3) is 6.48. The van der Waals surface area contributed by atoms with Crippen LogP contribution in [0.4, 0.5) is 24.5 Å². The molecule has 0 radical (unpaired) electrons.